The third-order valence-electron chi connectivity index (χ3n) is 6.77. The maximum absolute atomic E-state index is 13.0. The largest absolute Gasteiger partial charge is 0.497 e. The fourth-order valence-electron chi connectivity index (χ4n) is 4.95. The molecular formula is C26H28N2O3. The Labute approximate surface area is 183 Å². The number of hydrogen-bond donors (Lipinski definition) is 2. The van der Waals surface area contributed by atoms with E-state index in [1.54, 1.807) is 7.11 Å². The van der Waals surface area contributed by atoms with Gasteiger partial charge in [0.25, 0.3) is 0 Å². The zero-order valence-electron chi connectivity index (χ0n) is 17.8. The van der Waals surface area contributed by atoms with Gasteiger partial charge in [0.2, 0.25) is 5.91 Å². The third kappa shape index (κ3) is 4.00. The van der Waals surface area contributed by atoms with E-state index >= 15 is 0 Å². The molecule has 1 aliphatic carbocycles. The van der Waals surface area contributed by atoms with E-state index in [1.165, 1.54) is 12.8 Å². The minimum absolute atomic E-state index is 0.0122. The van der Waals surface area contributed by atoms with E-state index in [2.05, 4.69) is 28.1 Å². The van der Waals surface area contributed by atoms with Crippen LogP contribution in [0.2, 0.25) is 0 Å². The molecule has 0 spiro atoms. The van der Waals surface area contributed by atoms with Crippen molar-refractivity contribution < 1.29 is 14.6 Å². The number of hydrogen-bond acceptors (Lipinski definition) is 4. The number of likely N-dealkylation sites (tertiary alicyclic amines) is 1. The molecule has 3 atom stereocenters. The number of nitrogens with zero attached hydrogens (tertiary/aromatic N) is 1. The van der Waals surface area contributed by atoms with Crippen LogP contribution in [0.1, 0.15) is 48.4 Å². The van der Waals surface area contributed by atoms with Crippen molar-refractivity contribution in [2.24, 2.45) is 11.8 Å². The second-order valence-corrected chi connectivity index (χ2v) is 8.85. The van der Waals surface area contributed by atoms with Gasteiger partial charge in [0.05, 0.1) is 25.8 Å². The molecule has 5 nitrogen and oxygen atoms in total. The Bertz CT molecular complexity index is 1050. The number of ether oxygens (including phenoxy) is 1. The van der Waals surface area contributed by atoms with Crippen LogP contribution in [0.3, 0.4) is 0 Å². The van der Waals surface area contributed by atoms with Crippen LogP contribution in [0.4, 0.5) is 5.69 Å². The van der Waals surface area contributed by atoms with Crippen molar-refractivity contribution in [3.8, 4) is 17.6 Å². The summed E-state index contributed by atoms with van der Waals surface area (Å²) in [5.74, 6) is 8.33. The zero-order valence-corrected chi connectivity index (χ0v) is 17.8. The van der Waals surface area contributed by atoms with Gasteiger partial charge in [-0.05, 0) is 67.1 Å². The van der Waals surface area contributed by atoms with E-state index in [1.807, 2.05) is 36.4 Å². The molecule has 160 valence electrons. The smallest absolute Gasteiger partial charge is 0.223 e. The number of methoxy groups -OCH3 is 1. The molecule has 0 aromatic heterocycles. The van der Waals surface area contributed by atoms with E-state index in [-0.39, 0.29) is 30.5 Å². The molecule has 2 N–H and O–H groups in total. The summed E-state index contributed by atoms with van der Waals surface area (Å²) in [6, 6.07) is 13.9. The minimum Gasteiger partial charge on any atom is -0.497 e. The lowest BCUT2D eigenvalue weighted by molar-refractivity contribution is -0.133. The number of carbonyl (C=O) groups is 1. The fourth-order valence-corrected chi connectivity index (χ4v) is 4.95. The van der Waals surface area contributed by atoms with Gasteiger partial charge in [0.15, 0.2) is 0 Å². The van der Waals surface area contributed by atoms with Gasteiger partial charge in [-0.2, -0.15) is 0 Å². The standard InChI is InChI=1S/C26H28N2O3/c1-31-20-4-2-3-17(13-20)5-6-18-9-10-23-22(14-18)26-21(24(16-29)27-23)11-12-28(26)25(30)15-19-7-8-19/h2-4,9-10,13-14,19,21,24,26-27,29H,7-8,11-12,15-16H2,1H3/t21-,24+,26-/m1/s1. The first-order valence-electron chi connectivity index (χ1n) is 11.1. The predicted molar refractivity (Wildman–Crippen MR) is 120 cm³/mol. The van der Waals surface area contributed by atoms with Crippen LogP contribution in [0.25, 0.3) is 0 Å². The maximum Gasteiger partial charge on any atom is 0.223 e. The van der Waals surface area contributed by atoms with Gasteiger partial charge in [0.1, 0.15) is 5.75 Å². The van der Waals surface area contributed by atoms with Gasteiger partial charge >= 0.3 is 0 Å². The lowest BCUT2D eigenvalue weighted by atomic mass is 9.82. The number of carbonyl (C=O) groups excluding carboxylic acids is 1. The van der Waals surface area contributed by atoms with E-state index in [0.717, 1.165) is 41.1 Å². The highest BCUT2D eigenvalue weighted by Crippen LogP contribution is 2.47. The van der Waals surface area contributed by atoms with Gasteiger partial charge in [-0.25, -0.2) is 0 Å². The summed E-state index contributed by atoms with van der Waals surface area (Å²) in [6.45, 7) is 0.834. The van der Waals surface area contributed by atoms with Crippen molar-refractivity contribution in [1.82, 2.24) is 4.90 Å². The van der Waals surface area contributed by atoms with Crippen LogP contribution in [-0.4, -0.2) is 42.2 Å². The Balaban J connectivity index is 1.46. The van der Waals surface area contributed by atoms with Crippen LogP contribution in [-0.2, 0) is 4.79 Å². The van der Waals surface area contributed by atoms with Gasteiger partial charge in [-0.3, -0.25) is 4.79 Å². The highest BCUT2D eigenvalue weighted by molar-refractivity contribution is 5.78. The normalized spacial score (nSPS) is 23.8. The molecule has 3 aliphatic rings. The summed E-state index contributed by atoms with van der Waals surface area (Å²) >= 11 is 0. The number of fused-ring (bicyclic) bond motifs is 3. The Kier molecular flexibility index (Phi) is 5.33. The van der Waals surface area contributed by atoms with Gasteiger partial charge < -0.3 is 20.1 Å². The molecule has 2 fully saturated rings. The SMILES string of the molecule is COc1cccc(C#Cc2ccc3c(c2)[C@H]2[C@H](CCN2C(=O)CC2CC2)[C@H](CO)N3)c1. The van der Waals surface area contributed by atoms with Crippen molar-refractivity contribution in [3.63, 3.8) is 0 Å². The molecule has 31 heavy (non-hydrogen) atoms. The summed E-state index contributed by atoms with van der Waals surface area (Å²) in [5.41, 5.74) is 3.94. The summed E-state index contributed by atoms with van der Waals surface area (Å²) in [7, 11) is 1.65. The summed E-state index contributed by atoms with van der Waals surface area (Å²) in [5, 5.41) is 13.4. The predicted octanol–water partition coefficient (Wildman–Crippen LogP) is 3.57. The topological polar surface area (TPSA) is 61.8 Å². The fraction of sp³-hybridized carbons (Fsp3) is 0.423. The average Bonchev–Trinajstić information content (AvgIpc) is 3.50. The van der Waals surface area contributed by atoms with E-state index in [9.17, 15) is 9.90 Å². The van der Waals surface area contributed by atoms with E-state index < -0.39 is 0 Å². The molecule has 2 aromatic rings. The number of nitrogens with one attached hydrogen (secondary N) is 1. The van der Waals surface area contributed by atoms with Crippen LogP contribution in [0.5, 0.6) is 5.75 Å². The molecule has 2 heterocycles. The summed E-state index contributed by atoms with van der Waals surface area (Å²) < 4.78 is 5.28. The van der Waals surface area contributed by atoms with Crippen molar-refractivity contribution in [2.45, 2.75) is 37.8 Å². The molecule has 5 rings (SSSR count). The second kappa shape index (κ2) is 8.28. The molecule has 1 saturated heterocycles. The van der Waals surface area contributed by atoms with Crippen LogP contribution < -0.4 is 10.1 Å². The third-order valence-corrected chi connectivity index (χ3v) is 6.77. The van der Waals surface area contributed by atoms with Crippen molar-refractivity contribution in [1.29, 1.82) is 0 Å². The Morgan fingerprint density at radius 1 is 1.16 bits per heavy atom. The number of amides is 1. The Hall–Kier alpha value is -2.97. The summed E-state index contributed by atoms with van der Waals surface area (Å²) in [6.07, 6.45) is 3.92. The first-order chi connectivity index (χ1) is 15.2. The van der Waals surface area contributed by atoms with Gasteiger partial charge in [-0.15, -0.1) is 0 Å². The molecule has 2 aliphatic heterocycles. The molecule has 1 saturated carbocycles. The van der Waals surface area contributed by atoms with Crippen molar-refractivity contribution in [2.75, 3.05) is 25.6 Å². The second-order valence-electron chi connectivity index (χ2n) is 8.85. The first kappa shape index (κ1) is 20.0. The highest BCUT2D eigenvalue weighted by Gasteiger charge is 2.46. The zero-order chi connectivity index (χ0) is 21.4. The van der Waals surface area contributed by atoms with Crippen LogP contribution >= 0.6 is 0 Å². The van der Waals surface area contributed by atoms with Gasteiger partial charge in [-0.1, -0.05) is 17.9 Å². The lowest BCUT2D eigenvalue weighted by Crippen LogP contribution is -2.43. The summed E-state index contributed by atoms with van der Waals surface area (Å²) in [4.78, 5) is 15.1. The van der Waals surface area contributed by atoms with Crippen LogP contribution in [0.15, 0.2) is 42.5 Å². The number of anilines is 1. The highest BCUT2D eigenvalue weighted by atomic mass is 16.5. The van der Waals surface area contributed by atoms with Gasteiger partial charge in [0, 0.05) is 35.7 Å². The Morgan fingerprint density at radius 3 is 2.71 bits per heavy atom. The molecule has 0 radical (unpaired) electrons. The average molecular weight is 417 g/mol. The molecule has 0 bridgehead atoms. The number of aliphatic hydroxyl groups is 1. The number of benzene rings is 2. The van der Waals surface area contributed by atoms with E-state index in [0.29, 0.717) is 12.3 Å². The molecule has 1 amide bonds. The first-order valence-corrected chi connectivity index (χ1v) is 11.1. The van der Waals surface area contributed by atoms with Crippen LogP contribution in [0, 0.1) is 23.7 Å². The molecular weight excluding hydrogens is 388 g/mol. The van der Waals surface area contributed by atoms with Crippen molar-refractivity contribution >= 4 is 11.6 Å². The molecule has 5 heteroatoms. The number of rotatable bonds is 4. The monoisotopic (exact) mass is 416 g/mol. The number of aliphatic hydroxyl groups excluding tert-OH is 1. The molecule has 0 unspecified atom stereocenters. The molecule has 2 aromatic carbocycles. The maximum atomic E-state index is 13.0. The van der Waals surface area contributed by atoms with E-state index in [4.69, 9.17) is 4.74 Å². The Morgan fingerprint density at radius 2 is 1.97 bits per heavy atom. The van der Waals surface area contributed by atoms with Crippen molar-refractivity contribution in [3.05, 3.63) is 59.2 Å². The minimum atomic E-state index is -0.0232. The lowest BCUT2D eigenvalue weighted by Gasteiger charge is -2.39. The quantitative estimate of drug-likeness (QED) is 0.748.